The lowest BCUT2D eigenvalue weighted by Crippen LogP contribution is -2.11. The number of hydrogen-bond donors (Lipinski definition) is 2. The molecule has 0 amide bonds. The van der Waals surface area contributed by atoms with Gasteiger partial charge in [0, 0.05) is 18.7 Å². The van der Waals surface area contributed by atoms with Crippen LogP contribution in [0.2, 0.25) is 0 Å². The minimum atomic E-state index is 0.0731. The summed E-state index contributed by atoms with van der Waals surface area (Å²) >= 11 is 1.44. The van der Waals surface area contributed by atoms with Gasteiger partial charge in [-0.15, -0.1) is 0 Å². The number of hydrogen-bond acceptors (Lipinski definition) is 6. The maximum absolute atomic E-state index is 9.64. The van der Waals surface area contributed by atoms with Crippen LogP contribution in [0.3, 0.4) is 0 Å². The highest BCUT2D eigenvalue weighted by molar-refractivity contribution is 7.98. The van der Waals surface area contributed by atoms with Crippen molar-refractivity contribution >= 4 is 17.6 Å². The van der Waals surface area contributed by atoms with Gasteiger partial charge in [-0.3, -0.25) is 0 Å². The summed E-state index contributed by atoms with van der Waals surface area (Å²) in [5, 5.41) is 22.3. The Bertz CT molecular complexity index is 761. The zero-order valence-corrected chi connectivity index (χ0v) is 15.9. The number of nitrogens with zero attached hydrogens (tertiary/aromatic N) is 3. The highest BCUT2D eigenvalue weighted by Gasteiger charge is 2.17. The summed E-state index contributed by atoms with van der Waals surface area (Å²) < 4.78 is 0. The topological polar surface area (TPSA) is 81.8 Å². The first-order chi connectivity index (χ1) is 11.9. The average Bonchev–Trinajstić information content (AvgIpc) is 2.60. The van der Waals surface area contributed by atoms with Gasteiger partial charge in [0.2, 0.25) is 0 Å². The quantitative estimate of drug-likeness (QED) is 0.465. The van der Waals surface area contributed by atoms with Gasteiger partial charge < -0.3 is 10.4 Å². The van der Waals surface area contributed by atoms with Crippen molar-refractivity contribution in [2.45, 2.75) is 37.8 Å². The summed E-state index contributed by atoms with van der Waals surface area (Å²) in [5.41, 5.74) is 3.26. The van der Waals surface area contributed by atoms with E-state index >= 15 is 0 Å². The lowest BCUT2D eigenvalue weighted by Gasteiger charge is -2.19. The lowest BCUT2D eigenvalue weighted by atomic mass is 9.86. The molecule has 1 aromatic carbocycles. The van der Waals surface area contributed by atoms with Crippen LogP contribution in [0.1, 0.15) is 38.3 Å². The smallest absolute Gasteiger partial charge is 0.189 e. The number of anilines is 1. The minimum absolute atomic E-state index is 0.0731. The van der Waals surface area contributed by atoms with Crippen LogP contribution >= 0.6 is 11.8 Å². The molecule has 1 heterocycles. The van der Waals surface area contributed by atoms with Crippen LogP contribution < -0.4 is 5.32 Å². The monoisotopic (exact) mass is 356 g/mol. The predicted molar refractivity (Wildman–Crippen MR) is 103 cm³/mol. The predicted octanol–water partition coefficient (Wildman–Crippen LogP) is 3.83. The Morgan fingerprint density at radius 2 is 1.88 bits per heavy atom. The van der Waals surface area contributed by atoms with E-state index < -0.39 is 0 Å². The highest BCUT2D eigenvalue weighted by atomic mass is 32.2. The first-order valence-electron chi connectivity index (χ1n) is 8.22. The fourth-order valence-electron chi connectivity index (χ4n) is 2.39. The van der Waals surface area contributed by atoms with Crippen LogP contribution in [0.25, 0.3) is 11.3 Å². The van der Waals surface area contributed by atoms with Gasteiger partial charge in [-0.1, -0.05) is 56.8 Å². The Labute approximate surface area is 153 Å². The summed E-state index contributed by atoms with van der Waals surface area (Å²) in [6, 6.07) is 10.4. The van der Waals surface area contributed by atoms with Crippen LogP contribution in [0.4, 0.5) is 5.82 Å². The fraction of sp³-hybridized carbons (Fsp3) is 0.421. The first kappa shape index (κ1) is 19.2. The van der Waals surface area contributed by atoms with Crippen molar-refractivity contribution in [1.29, 1.82) is 5.26 Å². The van der Waals surface area contributed by atoms with Crippen LogP contribution in [0.5, 0.6) is 0 Å². The third-order valence-corrected chi connectivity index (χ3v) is 4.38. The number of aliphatic hydroxyl groups is 1. The molecule has 6 heteroatoms. The van der Waals surface area contributed by atoms with Gasteiger partial charge in [0.05, 0.1) is 5.69 Å². The Morgan fingerprint density at radius 3 is 2.40 bits per heavy atom. The van der Waals surface area contributed by atoms with E-state index in [0.717, 1.165) is 5.56 Å². The number of thioether (sulfide) groups is 1. The molecule has 0 unspecified atom stereocenters. The van der Waals surface area contributed by atoms with Gasteiger partial charge in [-0.05, 0) is 23.7 Å². The van der Waals surface area contributed by atoms with Crippen LogP contribution in [-0.4, -0.2) is 34.5 Å². The van der Waals surface area contributed by atoms with Crippen molar-refractivity contribution in [1.82, 2.24) is 9.97 Å². The molecule has 0 aliphatic carbocycles. The van der Waals surface area contributed by atoms with Crippen LogP contribution in [0, 0.1) is 11.3 Å². The average molecular weight is 356 g/mol. The summed E-state index contributed by atoms with van der Waals surface area (Å²) in [5.74, 6) is 0.519. The third kappa shape index (κ3) is 4.71. The van der Waals surface area contributed by atoms with Gasteiger partial charge in [-0.25, -0.2) is 9.97 Å². The SMILES string of the molecule is CSc1nc(NCCCO)c(C#N)c(-c2ccc(C(C)(C)C)cc2)n1. The van der Waals surface area contributed by atoms with Crippen molar-refractivity contribution in [3.05, 3.63) is 35.4 Å². The molecule has 2 aromatic rings. The summed E-state index contributed by atoms with van der Waals surface area (Å²) in [4.78, 5) is 8.97. The second-order valence-corrected chi connectivity index (χ2v) is 7.50. The van der Waals surface area contributed by atoms with Crippen molar-refractivity contribution in [2.24, 2.45) is 0 Å². The largest absolute Gasteiger partial charge is 0.396 e. The Hall–Kier alpha value is -2.10. The van der Waals surface area contributed by atoms with Gasteiger partial charge >= 0.3 is 0 Å². The standard InChI is InChI=1S/C19H24N4OS/c1-19(2,3)14-8-6-13(7-9-14)16-15(12-20)17(21-10-5-11-24)23-18(22-16)25-4/h6-9,24H,5,10-11H2,1-4H3,(H,21,22,23). The molecule has 2 N–H and O–H groups in total. The van der Waals surface area contributed by atoms with E-state index in [1.807, 2.05) is 18.4 Å². The lowest BCUT2D eigenvalue weighted by molar-refractivity contribution is 0.292. The normalized spacial score (nSPS) is 11.2. The molecule has 2 rings (SSSR count). The van der Waals surface area contributed by atoms with Crippen molar-refractivity contribution < 1.29 is 5.11 Å². The number of aromatic nitrogens is 2. The molecule has 25 heavy (non-hydrogen) atoms. The third-order valence-electron chi connectivity index (χ3n) is 3.83. The van der Waals surface area contributed by atoms with Crippen LogP contribution in [0.15, 0.2) is 29.4 Å². The molecule has 0 spiro atoms. The van der Waals surface area contributed by atoms with E-state index in [-0.39, 0.29) is 12.0 Å². The van der Waals surface area contributed by atoms with E-state index in [0.29, 0.717) is 35.2 Å². The Kier molecular flexibility index (Phi) is 6.40. The Balaban J connectivity index is 2.48. The van der Waals surface area contributed by atoms with Crippen molar-refractivity contribution in [2.75, 3.05) is 24.7 Å². The number of nitriles is 1. The number of aliphatic hydroxyl groups excluding tert-OH is 1. The highest BCUT2D eigenvalue weighted by Crippen LogP contribution is 2.30. The van der Waals surface area contributed by atoms with Gasteiger partial charge in [0.1, 0.15) is 17.5 Å². The molecular formula is C19H24N4OS. The molecule has 0 atom stereocenters. The summed E-state index contributed by atoms with van der Waals surface area (Å²) in [6.07, 6.45) is 2.50. The van der Waals surface area contributed by atoms with Gasteiger partial charge in [-0.2, -0.15) is 5.26 Å². The molecule has 0 aliphatic rings. The molecule has 1 aromatic heterocycles. The van der Waals surface area contributed by atoms with Gasteiger partial charge in [0.15, 0.2) is 5.16 Å². The molecule has 0 radical (unpaired) electrons. The minimum Gasteiger partial charge on any atom is -0.396 e. The first-order valence-corrected chi connectivity index (χ1v) is 9.45. The van der Waals surface area contributed by atoms with E-state index in [2.05, 4.69) is 54.3 Å². The molecule has 0 fully saturated rings. The van der Waals surface area contributed by atoms with Crippen molar-refractivity contribution in [3.8, 4) is 17.3 Å². The summed E-state index contributed by atoms with van der Waals surface area (Å²) in [7, 11) is 0. The number of rotatable bonds is 6. The van der Waals surface area contributed by atoms with Gasteiger partial charge in [0.25, 0.3) is 0 Å². The molecule has 132 valence electrons. The molecule has 0 saturated heterocycles. The number of benzene rings is 1. The zero-order chi connectivity index (χ0) is 18.4. The van der Waals surface area contributed by atoms with E-state index in [9.17, 15) is 5.26 Å². The molecule has 0 aliphatic heterocycles. The second kappa shape index (κ2) is 8.32. The molecule has 5 nitrogen and oxygen atoms in total. The molecule has 0 bridgehead atoms. The summed E-state index contributed by atoms with van der Waals surface area (Å²) in [6.45, 7) is 7.15. The maximum Gasteiger partial charge on any atom is 0.189 e. The van der Waals surface area contributed by atoms with E-state index in [4.69, 9.17) is 5.11 Å². The molecule has 0 saturated carbocycles. The second-order valence-electron chi connectivity index (χ2n) is 6.73. The van der Waals surface area contributed by atoms with Crippen molar-refractivity contribution in [3.63, 3.8) is 0 Å². The Morgan fingerprint density at radius 1 is 1.20 bits per heavy atom. The zero-order valence-electron chi connectivity index (χ0n) is 15.1. The number of nitrogens with one attached hydrogen (secondary N) is 1. The maximum atomic E-state index is 9.64. The van der Waals surface area contributed by atoms with Crippen LogP contribution in [-0.2, 0) is 5.41 Å². The fourth-order valence-corrected chi connectivity index (χ4v) is 2.75. The van der Waals surface area contributed by atoms with E-state index in [1.54, 1.807) is 0 Å². The van der Waals surface area contributed by atoms with E-state index in [1.165, 1.54) is 17.3 Å². The molecular weight excluding hydrogens is 332 g/mol.